The zero-order valence-corrected chi connectivity index (χ0v) is 17.4. The normalized spacial score (nSPS) is 24.5. The average molecular weight is 398 g/mol. The molecule has 0 bridgehead atoms. The number of aromatic amines is 1. The van der Waals surface area contributed by atoms with Gasteiger partial charge in [0, 0.05) is 40.5 Å². The van der Waals surface area contributed by atoms with Gasteiger partial charge in [0.25, 0.3) is 0 Å². The predicted molar refractivity (Wildman–Crippen MR) is 112 cm³/mol. The number of fused-ring (bicyclic) bond motifs is 4. The van der Waals surface area contributed by atoms with Crippen molar-refractivity contribution in [2.75, 3.05) is 40.4 Å². The molecule has 0 unspecified atom stereocenters. The van der Waals surface area contributed by atoms with Crippen molar-refractivity contribution in [3.63, 3.8) is 0 Å². The van der Waals surface area contributed by atoms with Gasteiger partial charge in [0.15, 0.2) is 0 Å². The summed E-state index contributed by atoms with van der Waals surface area (Å²) in [5, 5.41) is 11.5. The smallest absolute Gasteiger partial charge is 0.226 e. The van der Waals surface area contributed by atoms with Crippen LogP contribution in [0.2, 0.25) is 0 Å². The van der Waals surface area contributed by atoms with Crippen LogP contribution in [0.3, 0.4) is 0 Å². The second-order valence-electron chi connectivity index (χ2n) is 9.20. The van der Waals surface area contributed by atoms with E-state index in [4.69, 9.17) is 4.74 Å². The Morgan fingerprint density at radius 3 is 2.69 bits per heavy atom. The first-order chi connectivity index (χ1) is 14.1. The first-order valence-electron chi connectivity index (χ1n) is 10.9. The van der Waals surface area contributed by atoms with Crippen molar-refractivity contribution in [1.82, 2.24) is 14.8 Å². The van der Waals surface area contributed by atoms with Crippen LogP contribution < -0.4 is 4.74 Å². The van der Waals surface area contributed by atoms with E-state index < -0.39 is 0 Å². The number of piperidine rings is 1. The summed E-state index contributed by atoms with van der Waals surface area (Å²) in [6, 6.07) is 5.89. The Morgan fingerprint density at radius 1 is 1.31 bits per heavy atom. The molecule has 6 nitrogen and oxygen atoms in total. The molecule has 29 heavy (non-hydrogen) atoms. The van der Waals surface area contributed by atoms with E-state index in [0.717, 1.165) is 62.2 Å². The van der Waals surface area contributed by atoms with Crippen LogP contribution in [-0.2, 0) is 10.2 Å². The van der Waals surface area contributed by atoms with Gasteiger partial charge in [-0.1, -0.05) is 6.42 Å². The maximum absolute atomic E-state index is 13.3. The van der Waals surface area contributed by atoms with E-state index in [1.807, 2.05) is 17.0 Å². The number of hydrogen-bond acceptors (Lipinski definition) is 4. The predicted octanol–water partition coefficient (Wildman–Crippen LogP) is 2.82. The van der Waals surface area contributed by atoms with E-state index >= 15 is 0 Å². The van der Waals surface area contributed by atoms with Crippen LogP contribution in [0, 0.1) is 5.92 Å². The molecule has 6 heteroatoms. The van der Waals surface area contributed by atoms with Gasteiger partial charge in [-0.15, -0.1) is 0 Å². The van der Waals surface area contributed by atoms with Crippen molar-refractivity contribution in [2.24, 2.45) is 5.92 Å². The minimum absolute atomic E-state index is 0.0502. The SMILES string of the molecule is COc1ccc2c3c([nH]c2c1)[C@@H](CO)N(C(=O)C1CCC1)CC31CCN(C)CC1. The molecular weight excluding hydrogens is 366 g/mol. The number of methoxy groups -OCH3 is 1. The van der Waals surface area contributed by atoms with Crippen LogP contribution in [0.5, 0.6) is 5.75 Å². The lowest BCUT2D eigenvalue weighted by molar-refractivity contribution is -0.144. The molecule has 1 saturated heterocycles. The Bertz CT molecular complexity index is 925. The number of hydrogen-bond donors (Lipinski definition) is 2. The highest BCUT2D eigenvalue weighted by Crippen LogP contribution is 2.49. The third-order valence-corrected chi connectivity index (χ3v) is 7.60. The van der Waals surface area contributed by atoms with Crippen molar-refractivity contribution in [2.45, 2.75) is 43.6 Å². The monoisotopic (exact) mass is 397 g/mol. The number of carbonyl (C=O) groups excluding carboxylic acids is 1. The molecule has 1 spiro atoms. The van der Waals surface area contributed by atoms with Crippen LogP contribution in [-0.4, -0.2) is 66.2 Å². The molecule has 1 saturated carbocycles. The molecule has 1 aliphatic carbocycles. The van der Waals surface area contributed by atoms with E-state index in [0.29, 0.717) is 6.54 Å². The van der Waals surface area contributed by atoms with Crippen molar-refractivity contribution in [3.8, 4) is 5.75 Å². The Balaban J connectivity index is 1.66. The highest BCUT2D eigenvalue weighted by molar-refractivity contribution is 5.89. The molecular formula is C23H31N3O3. The minimum atomic E-state index is -0.290. The summed E-state index contributed by atoms with van der Waals surface area (Å²) in [5.41, 5.74) is 3.32. The fourth-order valence-corrected chi connectivity index (χ4v) is 5.58. The second kappa shape index (κ2) is 7.03. The molecule has 1 aromatic carbocycles. The molecule has 1 atom stereocenters. The van der Waals surface area contributed by atoms with Gasteiger partial charge in [-0.25, -0.2) is 0 Å². The number of ether oxygens (including phenoxy) is 1. The molecule has 2 aliphatic heterocycles. The van der Waals surface area contributed by atoms with Crippen molar-refractivity contribution < 1.29 is 14.6 Å². The maximum atomic E-state index is 13.3. The number of H-pyrrole nitrogens is 1. The number of carbonyl (C=O) groups is 1. The number of rotatable bonds is 3. The average Bonchev–Trinajstić information content (AvgIpc) is 3.08. The van der Waals surface area contributed by atoms with Gasteiger partial charge < -0.3 is 24.6 Å². The van der Waals surface area contributed by atoms with Crippen molar-refractivity contribution in [3.05, 3.63) is 29.5 Å². The fourth-order valence-electron chi connectivity index (χ4n) is 5.58. The van der Waals surface area contributed by atoms with Gasteiger partial charge in [-0.3, -0.25) is 4.79 Å². The van der Waals surface area contributed by atoms with Crippen LogP contribution in [0.1, 0.15) is 49.4 Å². The van der Waals surface area contributed by atoms with E-state index in [9.17, 15) is 9.90 Å². The maximum Gasteiger partial charge on any atom is 0.226 e. The van der Waals surface area contributed by atoms with Crippen LogP contribution >= 0.6 is 0 Å². The van der Waals surface area contributed by atoms with Gasteiger partial charge in [-0.2, -0.15) is 0 Å². The van der Waals surface area contributed by atoms with E-state index in [2.05, 4.69) is 23.0 Å². The third-order valence-electron chi connectivity index (χ3n) is 7.60. The number of nitrogens with zero attached hydrogens (tertiary/aromatic N) is 2. The topological polar surface area (TPSA) is 68.8 Å². The first-order valence-corrected chi connectivity index (χ1v) is 10.9. The summed E-state index contributed by atoms with van der Waals surface area (Å²) in [5.74, 6) is 1.19. The molecule has 2 fully saturated rings. The summed E-state index contributed by atoms with van der Waals surface area (Å²) in [6.07, 6.45) is 5.17. The third kappa shape index (κ3) is 2.88. The number of amides is 1. The molecule has 3 heterocycles. The Labute approximate surface area is 171 Å². The number of aromatic nitrogens is 1. The van der Waals surface area contributed by atoms with Gasteiger partial charge in [0.2, 0.25) is 5.91 Å². The zero-order chi connectivity index (χ0) is 20.2. The highest BCUT2D eigenvalue weighted by Gasteiger charge is 2.49. The van der Waals surface area contributed by atoms with E-state index in [1.165, 1.54) is 10.9 Å². The van der Waals surface area contributed by atoms with Crippen LogP contribution in [0.4, 0.5) is 0 Å². The second-order valence-corrected chi connectivity index (χ2v) is 9.20. The molecule has 0 radical (unpaired) electrons. The number of aliphatic hydroxyl groups is 1. The quantitative estimate of drug-likeness (QED) is 0.836. The van der Waals surface area contributed by atoms with Crippen molar-refractivity contribution >= 4 is 16.8 Å². The molecule has 5 rings (SSSR count). The standard InChI is InChI=1S/C23H31N3O3/c1-25-10-8-23(9-11-25)14-26(22(28)15-4-3-5-15)19(13-27)21-20(23)17-7-6-16(29-2)12-18(17)24-21/h6-7,12,15,19,24,27H,3-5,8-11,13-14H2,1-2H3/t19-/m1/s1. The molecule has 2 aromatic rings. The largest absolute Gasteiger partial charge is 0.497 e. The summed E-state index contributed by atoms with van der Waals surface area (Å²) in [6.45, 7) is 2.72. The van der Waals surface area contributed by atoms with E-state index in [-0.39, 0.29) is 29.9 Å². The van der Waals surface area contributed by atoms with Crippen molar-refractivity contribution in [1.29, 1.82) is 0 Å². The molecule has 1 amide bonds. The Morgan fingerprint density at radius 2 is 2.07 bits per heavy atom. The van der Waals surface area contributed by atoms with Gasteiger partial charge >= 0.3 is 0 Å². The molecule has 156 valence electrons. The Kier molecular flexibility index (Phi) is 4.59. The highest BCUT2D eigenvalue weighted by atomic mass is 16.5. The first kappa shape index (κ1) is 18.9. The number of benzene rings is 1. The van der Waals surface area contributed by atoms with Gasteiger partial charge in [0.05, 0.1) is 19.8 Å². The molecule has 2 N–H and O–H groups in total. The zero-order valence-electron chi connectivity index (χ0n) is 17.4. The summed E-state index contributed by atoms with van der Waals surface area (Å²) < 4.78 is 5.43. The fraction of sp³-hybridized carbons (Fsp3) is 0.609. The number of aliphatic hydroxyl groups excluding tert-OH is 1. The van der Waals surface area contributed by atoms with Crippen LogP contribution in [0.15, 0.2) is 18.2 Å². The van der Waals surface area contributed by atoms with Crippen LogP contribution in [0.25, 0.3) is 10.9 Å². The Hall–Kier alpha value is -2.05. The summed E-state index contributed by atoms with van der Waals surface area (Å²) >= 11 is 0. The van der Waals surface area contributed by atoms with Gasteiger partial charge in [-0.05, 0) is 63.5 Å². The summed E-state index contributed by atoms with van der Waals surface area (Å²) in [7, 11) is 3.85. The lowest BCUT2D eigenvalue weighted by Crippen LogP contribution is -2.56. The number of likely N-dealkylation sites (tertiary alicyclic amines) is 1. The molecule has 1 aromatic heterocycles. The lowest BCUT2D eigenvalue weighted by atomic mass is 9.68. The molecule has 3 aliphatic rings. The summed E-state index contributed by atoms with van der Waals surface area (Å²) in [4.78, 5) is 21.3. The lowest BCUT2D eigenvalue weighted by Gasteiger charge is -2.51. The minimum Gasteiger partial charge on any atom is -0.497 e. The number of nitrogens with one attached hydrogen (secondary N) is 1. The van der Waals surface area contributed by atoms with Gasteiger partial charge in [0.1, 0.15) is 5.75 Å². The van der Waals surface area contributed by atoms with E-state index in [1.54, 1.807) is 7.11 Å².